The third kappa shape index (κ3) is 2.63. The van der Waals surface area contributed by atoms with Gasteiger partial charge in [0.05, 0.1) is 18.8 Å². The van der Waals surface area contributed by atoms with Gasteiger partial charge in [0.1, 0.15) is 5.75 Å². The third-order valence-electron chi connectivity index (χ3n) is 3.81. The van der Waals surface area contributed by atoms with E-state index in [-0.39, 0.29) is 5.60 Å². The molecule has 18 heavy (non-hydrogen) atoms. The summed E-state index contributed by atoms with van der Waals surface area (Å²) in [4.78, 5) is 0. The Morgan fingerprint density at radius 1 is 1.39 bits per heavy atom. The number of methoxy groups -OCH3 is 2. The van der Waals surface area contributed by atoms with Gasteiger partial charge in [-0.25, -0.2) is 0 Å². The number of ether oxygens (including phenoxy) is 2. The van der Waals surface area contributed by atoms with E-state index >= 15 is 0 Å². The number of hydrogen-bond donors (Lipinski definition) is 1. The Labute approximate surface area is 113 Å². The van der Waals surface area contributed by atoms with E-state index in [1.165, 1.54) is 0 Å². The molecule has 1 saturated carbocycles. The number of benzene rings is 1. The van der Waals surface area contributed by atoms with Crippen LogP contribution in [-0.4, -0.2) is 24.9 Å². The molecule has 1 aromatic carbocycles. The van der Waals surface area contributed by atoms with Gasteiger partial charge in [-0.3, -0.25) is 0 Å². The highest BCUT2D eigenvalue weighted by Crippen LogP contribution is 2.43. The van der Waals surface area contributed by atoms with Crippen molar-refractivity contribution in [1.29, 1.82) is 0 Å². The van der Waals surface area contributed by atoms with Crippen LogP contribution in [0, 0.1) is 0 Å². The molecule has 1 atom stereocenters. The summed E-state index contributed by atoms with van der Waals surface area (Å²) in [6.45, 7) is 0. The molecule has 4 heteroatoms. The molecule has 0 bridgehead atoms. The Morgan fingerprint density at radius 3 is 2.61 bits per heavy atom. The van der Waals surface area contributed by atoms with Gasteiger partial charge in [-0.1, -0.05) is 11.6 Å². The molecule has 1 N–H and O–H groups in total. The molecule has 0 saturated heterocycles. The van der Waals surface area contributed by atoms with Crippen molar-refractivity contribution in [2.45, 2.75) is 37.4 Å². The fourth-order valence-corrected chi connectivity index (χ4v) is 2.67. The molecule has 0 aliphatic heterocycles. The Hall–Kier alpha value is -0.770. The molecule has 0 aromatic heterocycles. The quantitative estimate of drug-likeness (QED) is 0.892. The van der Waals surface area contributed by atoms with E-state index < -0.39 is 6.10 Å². The van der Waals surface area contributed by atoms with Crippen LogP contribution in [0.3, 0.4) is 0 Å². The van der Waals surface area contributed by atoms with Crippen molar-refractivity contribution in [2.75, 3.05) is 14.2 Å². The minimum atomic E-state index is -0.612. The number of halogens is 1. The highest BCUT2D eigenvalue weighted by molar-refractivity contribution is 6.30. The SMILES string of the molecule is COc1ccc(Cl)cc1C(O)CC1(OC)CCC1. The lowest BCUT2D eigenvalue weighted by Crippen LogP contribution is -2.40. The fraction of sp³-hybridized carbons (Fsp3) is 0.571. The normalized spacial score (nSPS) is 19.1. The number of rotatable bonds is 5. The number of hydrogen-bond acceptors (Lipinski definition) is 3. The van der Waals surface area contributed by atoms with Crippen molar-refractivity contribution >= 4 is 11.6 Å². The zero-order valence-corrected chi connectivity index (χ0v) is 11.5. The van der Waals surface area contributed by atoms with Crippen LogP contribution in [0.5, 0.6) is 5.75 Å². The second kappa shape index (κ2) is 5.47. The molecule has 1 unspecified atom stereocenters. The molecular weight excluding hydrogens is 252 g/mol. The maximum absolute atomic E-state index is 10.4. The molecule has 1 aliphatic carbocycles. The van der Waals surface area contributed by atoms with Crippen LogP contribution < -0.4 is 4.74 Å². The summed E-state index contributed by atoms with van der Waals surface area (Å²) in [6.07, 6.45) is 3.14. The summed E-state index contributed by atoms with van der Waals surface area (Å²) >= 11 is 5.97. The lowest BCUT2D eigenvalue weighted by molar-refractivity contribution is -0.100. The smallest absolute Gasteiger partial charge is 0.124 e. The Balaban J connectivity index is 2.17. The third-order valence-corrected chi connectivity index (χ3v) is 4.05. The van der Waals surface area contributed by atoms with Crippen molar-refractivity contribution in [3.05, 3.63) is 28.8 Å². The standard InChI is InChI=1S/C14H19ClO3/c1-17-13-5-4-10(15)8-11(13)12(16)9-14(18-2)6-3-7-14/h4-5,8,12,16H,3,6-7,9H2,1-2H3. The fourth-order valence-electron chi connectivity index (χ4n) is 2.49. The second-order valence-corrected chi connectivity index (χ2v) is 5.28. The lowest BCUT2D eigenvalue weighted by atomic mass is 9.75. The monoisotopic (exact) mass is 270 g/mol. The van der Waals surface area contributed by atoms with Gasteiger partial charge >= 0.3 is 0 Å². The molecule has 0 heterocycles. The Morgan fingerprint density at radius 2 is 2.11 bits per heavy atom. The number of aliphatic hydroxyl groups excluding tert-OH is 1. The first-order valence-electron chi connectivity index (χ1n) is 6.17. The molecule has 1 aromatic rings. The molecule has 0 spiro atoms. The van der Waals surface area contributed by atoms with Crippen LogP contribution in [0.25, 0.3) is 0 Å². The van der Waals surface area contributed by atoms with Gasteiger partial charge in [0.2, 0.25) is 0 Å². The van der Waals surface area contributed by atoms with Gasteiger partial charge < -0.3 is 14.6 Å². The van der Waals surface area contributed by atoms with Gasteiger partial charge in [-0.15, -0.1) is 0 Å². The average Bonchev–Trinajstić information content (AvgIpc) is 2.33. The van der Waals surface area contributed by atoms with E-state index in [2.05, 4.69) is 0 Å². The largest absolute Gasteiger partial charge is 0.496 e. The van der Waals surface area contributed by atoms with Gasteiger partial charge in [-0.2, -0.15) is 0 Å². The molecule has 1 fully saturated rings. The predicted molar refractivity (Wildman–Crippen MR) is 71.2 cm³/mol. The van der Waals surface area contributed by atoms with Crippen LogP contribution in [0.4, 0.5) is 0 Å². The van der Waals surface area contributed by atoms with E-state index in [0.29, 0.717) is 17.2 Å². The molecule has 1 aliphatic rings. The zero-order valence-electron chi connectivity index (χ0n) is 10.8. The number of aliphatic hydroxyl groups is 1. The van der Waals surface area contributed by atoms with Gasteiger partial charge in [0.15, 0.2) is 0 Å². The first-order chi connectivity index (χ1) is 8.60. The molecular formula is C14H19ClO3. The van der Waals surface area contributed by atoms with Gasteiger partial charge in [-0.05, 0) is 37.5 Å². The summed E-state index contributed by atoms with van der Waals surface area (Å²) in [7, 11) is 3.30. The highest BCUT2D eigenvalue weighted by atomic mass is 35.5. The average molecular weight is 271 g/mol. The molecule has 0 amide bonds. The van der Waals surface area contributed by atoms with E-state index in [4.69, 9.17) is 21.1 Å². The molecule has 0 radical (unpaired) electrons. The minimum absolute atomic E-state index is 0.174. The van der Waals surface area contributed by atoms with E-state index in [0.717, 1.165) is 24.8 Å². The van der Waals surface area contributed by atoms with Gasteiger partial charge in [0.25, 0.3) is 0 Å². The van der Waals surface area contributed by atoms with Crippen LogP contribution >= 0.6 is 11.6 Å². The van der Waals surface area contributed by atoms with Crippen molar-refractivity contribution in [1.82, 2.24) is 0 Å². The van der Waals surface area contributed by atoms with Crippen LogP contribution in [0.1, 0.15) is 37.4 Å². The Bertz CT molecular complexity index is 410. The van der Waals surface area contributed by atoms with Crippen LogP contribution in [-0.2, 0) is 4.74 Å². The van der Waals surface area contributed by atoms with E-state index in [1.54, 1.807) is 32.4 Å². The highest BCUT2D eigenvalue weighted by Gasteiger charge is 2.39. The zero-order chi connectivity index (χ0) is 13.2. The maximum atomic E-state index is 10.4. The predicted octanol–water partition coefficient (Wildman–Crippen LogP) is 3.34. The molecule has 2 rings (SSSR count). The van der Waals surface area contributed by atoms with Crippen molar-refractivity contribution < 1.29 is 14.6 Å². The first kappa shape index (κ1) is 13.7. The molecule has 100 valence electrons. The maximum Gasteiger partial charge on any atom is 0.124 e. The van der Waals surface area contributed by atoms with Crippen molar-refractivity contribution in [3.63, 3.8) is 0 Å². The lowest BCUT2D eigenvalue weighted by Gasteiger charge is -2.42. The first-order valence-corrected chi connectivity index (χ1v) is 6.55. The Kier molecular flexibility index (Phi) is 4.15. The van der Waals surface area contributed by atoms with Crippen LogP contribution in [0.15, 0.2) is 18.2 Å². The van der Waals surface area contributed by atoms with E-state index in [1.807, 2.05) is 0 Å². The van der Waals surface area contributed by atoms with Crippen LogP contribution in [0.2, 0.25) is 5.02 Å². The summed E-state index contributed by atoms with van der Waals surface area (Å²) in [5.74, 6) is 0.664. The summed E-state index contributed by atoms with van der Waals surface area (Å²) in [5, 5.41) is 11.0. The summed E-state index contributed by atoms with van der Waals surface area (Å²) < 4.78 is 10.8. The summed E-state index contributed by atoms with van der Waals surface area (Å²) in [6, 6.07) is 5.29. The minimum Gasteiger partial charge on any atom is -0.496 e. The summed E-state index contributed by atoms with van der Waals surface area (Å²) in [5.41, 5.74) is 0.556. The molecule has 3 nitrogen and oxygen atoms in total. The second-order valence-electron chi connectivity index (χ2n) is 4.85. The van der Waals surface area contributed by atoms with Gasteiger partial charge in [0, 0.05) is 24.1 Å². The van der Waals surface area contributed by atoms with E-state index in [9.17, 15) is 5.11 Å². The van der Waals surface area contributed by atoms with Crippen molar-refractivity contribution in [2.24, 2.45) is 0 Å². The topological polar surface area (TPSA) is 38.7 Å². The van der Waals surface area contributed by atoms with Crippen molar-refractivity contribution in [3.8, 4) is 5.75 Å².